The number of carbonyl (C=O) groups excluding carboxylic acids is 2. The summed E-state index contributed by atoms with van der Waals surface area (Å²) in [4.78, 5) is 35.5. The van der Waals surface area contributed by atoms with E-state index in [9.17, 15) is 19.7 Å². The maximum absolute atomic E-state index is 12.0. The third kappa shape index (κ3) is 3.12. The maximum atomic E-state index is 12.0. The van der Waals surface area contributed by atoms with Crippen molar-refractivity contribution in [3.8, 4) is 0 Å². The summed E-state index contributed by atoms with van der Waals surface area (Å²) < 4.78 is 0. The number of hydrogen-bond donors (Lipinski definition) is 0. The molecule has 21 heavy (non-hydrogen) atoms. The molecule has 0 aliphatic carbocycles. The Hall–Kier alpha value is -1.76. The van der Waals surface area contributed by atoms with Gasteiger partial charge in [0.1, 0.15) is 0 Å². The molecule has 7 heteroatoms. The number of nitrogens with zero attached hydrogens (tertiary/aromatic N) is 2. The highest BCUT2D eigenvalue weighted by Gasteiger charge is 2.36. The normalized spacial score (nSPS) is 15.2. The van der Waals surface area contributed by atoms with Crippen LogP contribution >= 0.6 is 15.9 Å². The maximum Gasteiger partial charge on any atom is 0.299 e. The summed E-state index contributed by atoms with van der Waals surface area (Å²) in [6.45, 7) is 2.53. The number of benzene rings is 1. The van der Waals surface area contributed by atoms with Crippen LogP contribution in [0.2, 0.25) is 0 Å². The predicted molar refractivity (Wildman–Crippen MR) is 82.0 cm³/mol. The molecular weight excluding hydrogens is 340 g/mol. The van der Waals surface area contributed by atoms with E-state index in [4.69, 9.17) is 0 Å². The number of halogens is 1. The fourth-order valence-electron chi connectivity index (χ4n) is 2.30. The minimum atomic E-state index is -0.665. The molecular formula is C14H15BrN2O4. The van der Waals surface area contributed by atoms with E-state index in [-0.39, 0.29) is 11.3 Å². The molecule has 1 aliphatic heterocycles. The molecule has 1 aromatic carbocycles. The topological polar surface area (TPSA) is 80.5 Å². The highest BCUT2D eigenvalue weighted by Crippen LogP contribution is 2.32. The third-order valence-corrected chi connectivity index (χ3v) is 4.07. The van der Waals surface area contributed by atoms with Crippen LogP contribution in [0, 0.1) is 16.0 Å². The Bertz CT molecular complexity index is 603. The van der Waals surface area contributed by atoms with Crippen molar-refractivity contribution < 1.29 is 14.5 Å². The molecule has 2 rings (SSSR count). The first kappa shape index (κ1) is 15.6. The average Bonchev–Trinajstić information content (AvgIpc) is 2.69. The van der Waals surface area contributed by atoms with Crippen molar-refractivity contribution in [2.75, 3.05) is 16.8 Å². The number of nitro benzene ring substituents is 1. The lowest BCUT2D eigenvalue weighted by molar-refractivity contribution is -0.384. The lowest BCUT2D eigenvalue weighted by atomic mass is 10.1. The number of ketones is 1. The Morgan fingerprint density at radius 3 is 2.67 bits per heavy atom. The van der Waals surface area contributed by atoms with Gasteiger partial charge in [-0.25, -0.2) is 0 Å². The molecule has 0 aromatic heterocycles. The van der Waals surface area contributed by atoms with E-state index >= 15 is 0 Å². The molecule has 1 amide bonds. The molecule has 1 aromatic rings. The largest absolute Gasteiger partial charge is 0.305 e. The molecule has 0 fully saturated rings. The molecule has 0 radical (unpaired) electrons. The lowest BCUT2D eigenvalue weighted by Gasteiger charge is -2.18. The van der Waals surface area contributed by atoms with Gasteiger partial charge in [-0.3, -0.25) is 19.7 Å². The van der Waals surface area contributed by atoms with Crippen LogP contribution in [0.1, 0.15) is 30.1 Å². The number of alkyl halides is 1. The molecule has 1 heterocycles. The van der Waals surface area contributed by atoms with Crippen molar-refractivity contribution in [2.24, 2.45) is 5.92 Å². The van der Waals surface area contributed by atoms with Crippen LogP contribution in [-0.4, -0.2) is 28.5 Å². The van der Waals surface area contributed by atoms with Crippen molar-refractivity contribution in [1.82, 2.24) is 0 Å². The Morgan fingerprint density at radius 2 is 2.05 bits per heavy atom. The summed E-state index contributed by atoms with van der Waals surface area (Å²) in [5, 5.41) is 11.6. The van der Waals surface area contributed by atoms with E-state index < -0.39 is 16.6 Å². The van der Waals surface area contributed by atoms with E-state index in [1.807, 2.05) is 0 Å². The van der Waals surface area contributed by atoms with Crippen LogP contribution in [0.15, 0.2) is 18.2 Å². The van der Waals surface area contributed by atoms with Gasteiger partial charge in [0.15, 0.2) is 0 Å². The van der Waals surface area contributed by atoms with Gasteiger partial charge in [0.05, 0.1) is 16.2 Å². The van der Waals surface area contributed by atoms with E-state index in [1.165, 1.54) is 23.1 Å². The monoisotopic (exact) mass is 354 g/mol. The van der Waals surface area contributed by atoms with Gasteiger partial charge >= 0.3 is 0 Å². The predicted octanol–water partition coefficient (Wildman–Crippen LogP) is 2.94. The number of non-ortho nitro benzene ring substituents is 1. The summed E-state index contributed by atoms with van der Waals surface area (Å²) >= 11 is 3.37. The smallest absolute Gasteiger partial charge is 0.299 e. The number of nitro groups is 1. The number of amides is 1. The Balaban J connectivity index is 2.21. The highest BCUT2D eigenvalue weighted by atomic mass is 79.9. The van der Waals surface area contributed by atoms with Gasteiger partial charge in [-0.2, -0.15) is 0 Å². The Morgan fingerprint density at radius 1 is 1.33 bits per heavy atom. The Labute approximate surface area is 130 Å². The van der Waals surface area contributed by atoms with Crippen LogP contribution < -0.4 is 4.90 Å². The first-order chi connectivity index (χ1) is 9.95. The van der Waals surface area contributed by atoms with Gasteiger partial charge in [0.2, 0.25) is 0 Å². The zero-order chi connectivity index (χ0) is 15.6. The molecule has 0 spiro atoms. The summed E-state index contributed by atoms with van der Waals surface area (Å²) in [6.07, 6.45) is 1.77. The molecule has 1 atom stereocenters. The van der Waals surface area contributed by atoms with E-state index in [1.54, 1.807) is 0 Å². The first-order valence-electron chi connectivity index (χ1n) is 6.66. The fourth-order valence-corrected chi connectivity index (χ4v) is 3.09. The summed E-state index contributed by atoms with van der Waals surface area (Å²) in [5.74, 6) is -0.840. The third-order valence-electron chi connectivity index (χ3n) is 3.61. The van der Waals surface area contributed by atoms with Gasteiger partial charge in [-0.1, -0.05) is 22.9 Å². The number of carbonyl (C=O) groups is 2. The first-order valence-corrected chi connectivity index (χ1v) is 7.78. The lowest BCUT2D eigenvalue weighted by Crippen LogP contribution is -2.31. The second-order valence-electron chi connectivity index (χ2n) is 5.12. The molecule has 0 N–H and O–H groups in total. The number of fused-ring (bicyclic) bond motifs is 1. The summed E-state index contributed by atoms with van der Waals surface area (Å²) in [5.41, 5.74) is 0.424. The van der Waals surface area contributed by atoms with Gasteiger partial charge < -0.3 is 4.90 Å². The van der Waals surface area contributed by atoms with Gasteiger partial charge in [-0.05, 0) is 24.8 Å². The van der Waals surface area contributed by atoms with Crippen molar-refractivity contribution >= 4 is 39.0 Å². The zero-order valence-electron chi connectivity index (χ0n) is 11.5. The van der Waals surface area contributed by atoms with E-state index in [2.05, 4.69) is 22.9 Å². The van der Waals surface area contributed by atoms with Crippen molar-refractivity contribution in [3.63, 3.8) is 0 Å². The van der Waals surface area contributed by atoms with Gasteiger partial charge in [0.25, 0.3) is 17.4 Å². The molecule has 112 valence electrons. The minimum absolute atomic E-state index is 0.127. The molecule has 0 saturated heterocycles. The van der Waals surface area contributed by atoms with Crippen LogP contribution in [0.3, 0.4) is 0 Å². The molecule has 0 bridgehead atoms. The van der Waals surface area contributed by atoms with E-state index in [0.717, 1.165) is 18.2 Å². The fraction of sp³-hybridized carbons (Fsp3) is 0.429. The van der Waals surface area contributed by atoms with Gasteiger partial charge in [-0.15, -0.1) is 0 Å². The SMILES string of the molecule is CC(CCBr)CCN1C(=O)C(=O)c2cc([N+](=O)[O-])ccc21. The number of anilines is 1. The molecule has 1 unspecified atom stereocenters. The molecule has 0 saturated carbocycles. The second kappa shape index (κ2) is 6.34. The van der Waals surface area contributed by atoms with Crippen LogP contribution in [0.25, 0.3) is 0 Å². The zero-order valence-corrected chi connectivity index (χ0v) is 13.1. The van der Waals surface area contributed by atoms with Gasteiger partial charge in [0, 0.05) is 24.0 Å². The van der Waals surface area contributed by atoms with E-state index in [0.29, 0.717) is 18.2 Å². The summed E-state index contributed by atoms with van der Waals surface area (Å²) in [7, 11) is 0. The quantitative estimate of drug-likeness (QED) is 0.340. The highest BCUT2D eigenvalue weighted by molar-refractivity contribution is 9.09. The number of rotatable bonds is 6. The average molecular weight is 355 g/mol. The standard InChI is InChI=1S/C14H15BrN2O4/c1-9(4-6-15)5-7-16-12-3-2-10(17(20)21)8-11(12)13(18)14(16)19/h2-3,8-9H,4-7H2,1H3. The molecule has 1 aliphatic rings. The Kier molecular flexibility index (Phi) is 4.72. The minimum Gasteiger partial charge on any atom is -0.305 e. The summed E-state index contributed by atoms with van der Waals surface area (Å²) in [6, 6.07) is 3.97. The second-order valence-corrected chi connectivity index (χ2v) is 5.91. The van der Waals surface area contributed by atoms with Crippen molar-refractivity contribution in [3.05, 3.63) is 33.9 Å². The van der Waals surface area contributed by atoms with Crippen LogP contribution in [0.4, 0.5) is 11.4 Å². The number of hydrogen-bond acceptors (Lipinski definition) is 4. The van der Waals surface area contributed by atoms with Crippen LogP contribution in [0.5, 0.6) is 0 Å². The molecule has 6 nitrogen and oxygen atoms in total. The van der Waals surface area contributed by atoms with Crippen molar-refractivity contribution in [2.45, 2.75) is 19.8 Å². The number of Topliss-reactive ketones (excluding diaryl/α,β-unsaturated/α-hetero) is 1. The van der Waals surface area contributed by atoms with Crippen molar-refractivity contribution in [1.29, 1.82) is 0 Å². The van der Waals surface area contributed by atoms with Crippen LogP contribution in [-0.2, 0) is 4.79 Å².